The van der Waals surface area contributed by atoms with E-state index in [1.54, 1.807) is 6.20 Å². The lowest BCUT2D eigenvalue weighted by Gasteiger charge is -2.07. The molecule has 0 radical (unpaired) electrons. The van der Waals surface area contributed by atoms with Crippen molar-refractivity contribution in [1.82, 2.24) is 14.6 Å². The second kappa shape index (κ2) is 5.69. The highest BCUT2D eigenvalue weighted by Crippen LogP contribution is 2.30. The molecular formula is C18H11Cl2N3. The Bertz CT molecular complexity index is 991. The smallest absolute Gasteiger partial charge is 0.163 e. The highest BCUT2D eigenvalue weighted by atomic mass is 35.5. The van der Waals surface area contributed by atoms with Gasteiger partial charge < -0.3 is 0 Å². The molecule has 0 saturated carbocycles. The van der Waals surface area contributed by atoms with Crippen molar-refractivity contribution in [3.05, 3.63) is 77.0 Å². The number of rotatable bonds is 2. The lowest BCUT2D eigenvalue weighted by Crippen LogP contribution is -1.96. The number of fused-ring (bicyclic) bond motifs is 1. The van der Waals surface area contributed by atoms with E-state index >= 15 is 0 Å². The van der Waals surface area contributed by atoms with Crippen LogP contribution in [-0.2, 0) is 0 Å². The van der Waals surface area contributed by atoms with E-state index in [0.29, 0.717) is 10.0 Å². The first-order valence-electron chi connectivity index (χ1n) is 7.07. The fourth-order valence-corrected chi connectivity index (χ4v) is 2.96. The Morgan fingerprint density at radius 1 is 0.826 bits per heavy atom. The van der Waals surface area contributed by atoms with Crippen molar-refractivity contribution < 1.29 is 0 Å². The van der Waals surface area contributed by atoms with Crippen LogP contribution in [0.1, 0.15) is 0 Å². The normalized spacial score (nSPS) is 11.0. The molecule has 0 fully saturated rings. The van der Waals surface area contributed by atoms with Crippen LogP contribution in [0.2, 0.25) is 10.0 Å². The largest absolute Gasteiger partial charge is 0.236 e. The van der Waals surface area contributed by atoms with Crippen molar-refractivity contribution in [3.63, 3.8) is 0 Å². The molecule has 0 aliphatic heterocycles. The van der Waals surface area contributed by atoms with Gasteiger partial charge in [-0.25, -0.2) is 9.50 Å². The summed E-state index contributed by atoms with van der Waals surface area (Å²) in [4.78, 5) is 4.48. The Kier molecular flexibility index (Phi) is 3.52. The van der Waals surface area contributed by atoms with Crippen molar-refractivity contribution >= 4 is 28.8 Å². The van der Waals surface area contributed by atoms with Crippen LogP contribution in [0, 0.1) is 0 Å². The maximum Gasteiger partial charge on any atom is 0.163 e. The van der Waals surface area contributed by atoms with Crippen LogP contribution in [0.3, 0.4) is 0 Å². The quantitative estimate of drug-likeness (QED) is 0.491. The molecule has 2 heterocycles. The molecule has 4 rings (SSSR count). The third kappa shape index (κ3) is 2.48. The molecule has 2 aromatic carbocycles. The number of halogens is 2. The summed E-state index contributed by atoms with van der Waals surface area (Å²) in [5.41, 5.74) is 4.58. The first kappa shape index (κ1) is 14.2. The topological polar surface area (TPSA) is 30.2 Å². The van der Waals surface area contributed by atoms with Gasteiger partial charge >= 0.3 is 0 Å². The molecule has 0 amide bonds. The van der Waals surface area contributed by atoms with Crippen LogP contribution in [0.15, 0.2) is 67.0 Å². The number of hydrogen-bond donors (Lipinski definition) is 0. The molecule has 23 heavy (non-hydrogen) atoms. The van der Waals surface area contributed by atoms with Crippen molar-refractivity contribution in [1.29, 1.82) is 0 Å². The Morgan fingerprint density at radius 2 is 1.61 bits per heavy atom. The molecule has 0 aliphatic carbocycles. The van der Waals surface area contributed by atoms with Gasteiger partial charge in [-0.1, -0.05) is 53.5 Å². The Balaban J connectivity index is 1.94. The minimum atomic E-state index is 0.684. The lowest BCUT2D eigenvalue weighted by atomic mass is 10.1. The Labute approximate surface area is 143 Å². The predicted molar refractivity (Wildman–Crippen MR) is 93.9 cm³/mol. The fraction of sp³-hybridized carbons (Fsp3) is 0. The zero-order valence-electron chi connectivity index (χ0n) is 11.9. The number of aromatic nitrogens is 3. The molecule has 0 bridgehead atoms. The zero-order chi connectivity index (χ0) is 15.8. The summed E-state index contributed by atoms with van der Waals surface area (Å²) < 4.78 is 1.81. The fourth-order valence-electron chi connectivity index (χ4n) is 2.60. The SMILES string of the molecule is Clc1ccc(-c2cnn3c(-c4ccccc4Cl)ccnc23)cc1. The van der Waals surface area contributed by atoms with Crippen LogP contribution in [-0.4, -0.2) is 14.6 Å². The van der Waals surface area contributed by atoms with Crippen LogP contribution in [0.4, 0.5) is 0 Å². The van der Waals surface area contributed by atoms with Crippen LogP contribution in [0.25, 0.3) is 28.0 Å². The highest BCUT2D eigenvalue weighted by Gasteiger charge is 2.13. The molecule has 0 saturated heterocycles. The number of nitrogens with zero attached hydrogens (tertiary/aromatic N) is 3. The summed E-state index contributed by atoms with van der Waals surface area (Å²) in [7, 11) is 0. The van der Waals surface area contributed by atoms with Crippen LogP contribution < -0.4 is 0 Å². The standard InChI is InChI=1S/C18H11Cl2N3/c19-13-7-5-12(6-8-13)15-11-22-23-17(9-10-21-18(15)23)14-3-1-2-4-16(14)20/h1-11H. The minimum absolute atomic E-state index is 0.684. The molecule has 5 heteroatoms. The molecule has 4 aromatic rings. The average Bonchev–Trinajstić information content (AvgIpc) is 3.00. The van der Waals surface area contributed by atoms with Gasteiger partial charge in [-0.3, -0.25) is 0 Å². The third-order valence-electron chi connectivity index (χ3n) is 3.71. The molecule has 0 aliphatic rings. The molecular weight excluding hydrogens is 329 g/mol. The van der Waals surface area contributed by atoms with Crippen molar-refractivity contribution in [3.8, 4) is 22.4 Å². The van der Waals surface area contributed by atoms with Gasteiger partial charge in [0.25, 0.3) is 0 Å². The van der Waals surface area contributed by atoms with E-state index in [1.165, 1.54) is 0 Å². The average molecular weight is 340 g/mol. The molecule has 0 unspecified atom stereocenters. The second-order valence-corrected chi connectivity index (χ2v) is 5.95. The van der Waals surface area contributed by atoms with E-state index in [9.17, 15) is 0 Å². The molecule has 0 N–H and O–H groups in total. The van der Waals surface area contributed by atoms with Crippen molar-refractivity contribution in [2.45, 2.75) is 0 Å². The summed E-state index contributed by atoms with van der Waals surface area (Å²) in [6, 6.07) is 17.3. The molecule has 0 atom stereocenters. The van der Waals surface area contributed by atoms with E-state index in [-0.39, 0.29) is 0 Å². The van der Waals surface area contributed by atoms with Crippen LogP contribution in [0.5, 0.6) is 0 Å². The van der Waals surface area contributed by atoms with E-state index < -0.39 is 0 Å². The zero-order valence-corrected chi connectivity index (χ0v) is 13.5. The van der Waals surface area contributed by atoms with E-state index in [2.05, 4.69) is 10.1 Å². The predicted octanol–water partition coefficient (Wildman–Crippen LogP) is 5.37. The molecule has 2 aromatic heterocycles. The maximum atomic E-state index is 6.32. The number of hydrogen-bond acceptors (Lipinski definition) is 2. The summed E-state index contributed by atoms with van der Waals surface area (Å²) in [5.74, 6) is 0. The first-order valence-corrected chi connectivity index (χ1v) is 7.83. The second-order valence-electron chi connectivity index (χ2n) is 5.11. The van der Waals surface area contributed by atoms with Gasteiger partial charge in [-0.15, -0.1) is 0 Å². The van der Waals surface area contributed by atoms with Gasteiger partial charge in [0.05, 0.1) is 11.9 Å². The summed E-state index contributed by atoms with van der Waals surface area (Å²) in [6.45, 7) is 0. The van der Waals surface area contributed by atoms with Crippen molar-refractivity contribution in [2.75, 3.05) is 0 Å². The minimum Gasteiger partial charge on any atom is -0.236 e. The van der Waals surface area contributed by atoms with Gasteiger partial charge in [-0.05, 0) is 29.8 Å². The van der Waals surface area contributed by atoms with Gasteiger partial charge in [0.2, 0.25) is 0 Å². The Morgan fingerprint density at radius 3 is 2.39 bits per heavy atom. The van der Waals surface area contributed by atoms with E-state index in [0.717, 1.165) is 28.0 Å². The summed E-state index contributed by atoms with van der Waals surface area (Å²) in [6.07, 6.45) is 3.58. The highest BCUT2D eigenvalue weighted by molar-refractivity contribution is 6.33. The molecule has 3 nitrogen and oxygen atoms in total. The summed E-state index contributed by atoms with van der Waals surface area (Å²) in [5, 5.41) is 5.88. The molecule has 0 spiro atoms. The summed E-state index contributed by atoms with van der Waals surface area (Å²) >= 11 is 12.3. The van der Waals surface area contributed by atoms with Gasteiger partial charge in [0, 0.05) is 27.4 Å². The van der Waals surface area contributed by atoms with Crippen LogP contribution >= 0.6 is 23.2 Å². The van der Waals surface area contributed by atoms with Gasteiger partial charge in [-0.2, -0.15) is 5.10 Å². The maximum absolute atomic E-state index is 6.32. The monoisotopic (exact) mass is 339 g/mol. The third-order valence-corrected chi connectivity index (χ3v) is 4.29. The number of benzene rings is 2. The van der Waals surface area contributed by atoms with E-state index in [4.69, 9.17) is 23.2 Å². The first-order chi connectivity index (χ1) is 11.2. The lowest BCUT2D eigenvalue weighted by molar-refractivity contribution is 0.948. The van der Waals surface area contributed by atoms with Gasteiger partial charge in [0.15, 0.2) is 5.65 Å². The molecule has 112 valence electrons. The van der Waals surface area contributed by atoms with Gasteiger partial charge in [0.1, 0.15) is 0 Å². The van der Waals surface area contributed by atoms with Crippen molar-refractivity contribution in [2.24, 2.45) is 0 Å². The Hall–Kier alpha value is -2.36. The van der Waals surface area contributed by atoms with E-state index in [1.807, 2.05) is 65.3 Å².